The molecule has 18 heavy (non-hydrogen) atoms. The van der Waals surface area contributed by atoms with Crippen LogP contribution in [0.3, 0.4) is 0 Å². The van der Waals surface area contributed by atoms with E-state index in [-0.39, 0.29) is 5.69 Å². The maximum atomic E-state index is 13.4. The first-order chi connectivity index (χ1) is 8.52. The summed E-state index contributed by atoms with van der Waals surface area (Å²) in [4.78, 5) is 3.74. The van der Waals surface area contributed by atoms with Crippen LogP contribution in [0, 0.1) is 0 Å². The Morgan fingerprint density at radius 2 is 1.94 bits per heavy atom. The topological polar surface area (TPSA) is 50.7 Å². The van der Waals surface area contributed by atoms with Gasteiger partial charge in [-0.1, -0.05) is 0 Å². The highest BCUT2D eigenvalue weighted by atomic mass is 19.3. The van der Waals surface area contributed by atoms with E-state index in [0.717, 1.165) is 6.92 Å². The minimum absolute atomic E-state index is 0.292. The number of pyridine rings is 1. The molecule has 2 heterocycles. The van der Waals surface area contributed by atoms with Crippen LogP contribution in [0.5, 0.6) is 0 Å². The maximum Gasteiger partial charge on any atom is 0.287 e. The number of nitrogens with one attached hydrogen (secondary N) is 1. The van der Waals surface area contributed by atoms with Gasteiger partial charge in [-0.3, -0.25) is 4.98 Å². The van der Waals surface area contributed by atoms with Crippen molar-refractivity contribution in [1.82, 2.24) is 15.2 Å². The van der Waals surface area contributed by atoms with E-state index in [0.29, 0.717) is 17.1 Å². The molecule has 2 rings (SSSR count). The van der Waals surface area contributed by atoms with E-state index < -0.39 is 5.92 Å². The predicted molar refractivity (Wildman–Crippen MR) is 64.4 cm³/mol. The van der Waals surface area contributed by atoms with Crippen LogP contribution >= 0.6 is 0 Å². The lowest BCUT2D eigenvalue weighted by atomic mass is 10.1. The third-order valence-corrected chi connectivity index (χ3v) is 2.42. The van der Waals surface area contributed by atoms with Crippen LogP contribution in [0.25, 0.3) is 11.3 Å². The maximum absolute atomic E-state index is 13.4. The van der Waals surface area contributed by atoms with Crippen molar-refractivity contribution in [2.24, 2.45) is 0 Å². The molecule has 94 valence electrons. The van der Waals surface area contributed by atoms with Crippen LogP contribution in [0.2, 0.25) is 0 Å². The number of rotatable bonds is 3. The van der Waals surface area contributed by atoms with Crippen LogP contribution in [0.1, 0.15) is 12.6 Å². The van der Waals surface area contributed by atoms with E-state index in [1.165, 1.54) is 6.20 Å². The lowest BCUT2D eigenvalue weighted by Gasteiger charge is -2.13. The number of alkyl halides is 2. The Hall–Kier alpha value is -2.11. The summed E-state index contributed by atoms with van der Waals surface area (Å²) in [7, 11) is 1.71. The number of halogens is 2. The highest BCUT2D eigenvalue weighted by Gasteiger charge is 2.30. The molecule has 0 aliphatic heterocycles. The van der Waals surface area contributed by atoms with E-state index in [9.17, 15) is 8.78 Å². The van der Waals surface area contributed by atoms with Gasteiger partial charge in [0, 0.05) is 25.7 Å². The lowest BCUT2D eigenvalue weighted by Crippen LogP contribution is -2.12. The Morgan fingerprint density at radius 3 is 2.50 bits per heavy atom. The van der Waals surface area contributed by atoms with Gasteiger partial charge in [0.15, 0.2) is 0 Å². The standard InChI is InChI=1S/C12H12F2N4/c1-12(13,14)11-8(4-3-7-16-11)9-5-6-10(15-2)18-17-9/h3-7H,1-2H3,(H,15,18). The largest absolute Gasteiger partial charge is 0.372 e. The van der Waals surface area contributed by atoms with Crippen molar-refractivity contribution in [1.29, 1.82) is 0 Å². The van der Waals surface area contributed by atoms with E-state index in [1.54, 1.807) is 31.3 Å². The zero-order valence-electron chi connectivity index (χ0n) is 9.98. The van der Waals surface area contributed by atoms with Crippen molar-refractivity contribution in [3.63, 3.8) is 0 Å². The average Bonchev–Trinajstić information content (AvgIpc) is 2.38. The first-order valence-electron chi connectivity index (χ1n) is 5.37. The van der Waals surface area contributed by atoms with Crippen LogP contribution in [-0.2, 0) is 5.92 Å². The molecule has 0 aromatic carbocycles. The van der Waals surface area contributed by atoms with Crippen molar-refractivity contribution in [3.8, 4) is 11.3 Å². The second-order valence-corrected chi connectivity index (χ2v) is 3.84. The van der Waals surface area contributed by atoms with Gasteiger partial charge in [-0.05, 0) is 24.3 Å². The van der Waals surface area contributed by atoms with Crippen molar-refractivity contribution in [2.45, 2.75) is 12.8 Å². The molecule has 0 radical (unpaired) electrons. The molecule has 4 nitrogen and oxygen atoms in total. The normalized spacial score (nSPS) is 11.3. The minimum Gasteiger partial charge on any atom is -0.372 e. The monoisotopic (exact) mass is 250 g/mol. The van der Waals surface area contributed by atoms with Gasteiger partial charge >= 0.3 is 0 Å². The molecule has 0 aliphatic carbocycles. The van der Waals surface area contributed by atoms with Crippen molar-refractivity contribution >= 4 is 5.82 Å². The summed E-state index contributed by atoms with van der Waals surface area (Å²) in [6, 6.07) is 6.46. The fourth-order valence-corrected chi connectivity index (χ4v) is 1.57. The van der Waals surface area contributed by atoms with Crippen molar-refractivity contribution < 1.29 is 8.78 Å². The van der Waals surface area contributed by atoms with Crippen molar-refractivity contribution in [3.05, 3.63) is 36.2 Å². The molecule has 1 N–H and O–H groups in total. The molecule has 0 saturated carbocycles. The summed E-state index contributed by atoms with van der Waals surface area (Å²) in [5.74, 6) is -2.44. The second-order valence-electron chi connectivity index (χ2n) is 3.84. The molecular formula is C12H12F2N4. The molecule has 0 amide bonds. The Kier molecular flexibility index (Phi) is 3.18. The molecule has 0 bridgehead atoms. The number of hydrogen-bond acceptors (Lipinski definition) is 4. The predicted octanol–water partition coefficient (Wildman–Crippen LogP) is 2.69. The van der Waals surface area contributed by atoms with E-state index in [1.807, 2.05) is 0 Å². The van der Waals surface area contributed by atoms with Crippen LogP contribution in [0.4, 0.5) is 14.6 Å². The SMILES string of the molecule is CNc1ccc(-c2cccnc2C(C)(F)F)nn1. The third kappa shape index (κ3) is 2.42. The molecule has 0 saturated heterocycles. The quantitative estimate of drug-likeness (QED) is 0.909. The summed E-state index contributed by atoms with van der Waals surface area (Å²) >= 11 is 0. The first kappa shape index (κ1) is 12.3. The Morgan fingerprint density at radius 1 is 1.17 bits per heavy atom. The van der Waals surface area contributed by atoms with E-state index >= 15 is 0 Å². The Labute approximate surface area is 103 Å². The Balaban J connectivity index is 2.50. The van der Waals surface area contributed by atoms with Gasteiger partial charge in [0.1, 0.15) is 11.5 Å². The van der Waals surface area contributed by atoms with Gasteiger partial charge in [0.05, 0.1) is 5.69 Å². The second kappa shape index (κ2) is 4.64. The summed E-state index contributed by atoms with van der Waals surface area (Å²) in [6.45, 7) is 0.814. The number of hydrogen-bond donors (Lipinski definition) is 1. The van der Waals surface area contributed by atoms with E-state index in [2.05, 4.69) is 20.5 Å². The summed E-state index contributed by atoms with van der Waals surface area (Å²) < 4.78 is 26.8. The molecule has 0 atom stereocenters. The molecule has 0 unspecified atom stereocenters. The van der Waals surface area contributed by atoms with Crippen LogP contribution in [-0.4, -0.2) is 22.2 Å². The van der Waals surface area contributed by atoms with Gasteiger partial charge in [0.25, 0.3) is 5.92 Å². The average molecular weight is 250 g/mol. The summed E-state index contributed by atoms with van der Waals surface area (Å²) in [5.41, 5.74) is 0.371. The summed E-state index contributed by atoms with van der Waals surface area (Å²) in [5, 5.41) is 10.6. The highest BCUT2D eigenvalue weighted by molar-refractivity contribution is 5.63. The molecule has 0 fully saturated rings. The van der Waals surface area contributed by atoms with E-state index in [4.69, 9.17) is 0 Å². The zero-order chi connectivity index (χ0) is 13.2. The summed E-state index contributed by atoms with van der Waals surface area (Å²) in [6.07, 6.45) is 1.34. The third-order valence-electron chi connectivity index (χ3n) is 2.42. The lowest BCUT2D eigenvalue weighted by molar-refractivity contribution is 0.0134. The van der Waals surface area contributed by atoms with Gasteiger partial charge < -0.3 is 5.32 Å². The number of anilines is 1. The van der Waals surface area contributed by atoms with Gasteiger partial charge in [-0.2, -0.15) is 8.78 Å². The Bertz CT molecular complexity index is 535. The molecule has 2 aromatic heterocycles. The highest BCUT2D eigenvalue weighted by Crippen LogP contribution is 2.32. The molecule has 6 heteroatoms. The number of aromatic nitrogens is 3. The van der Waals surface area contributed by atoms with Crippen LogP contribution in [0.15, 0.2) is 30.5 Å². The first-order valence-corrected chi connectivity index (χ1v) is 5.37. The fourth-order valence-electron chi connectivity index (χ4n) is 1.57. The smallest absolute Gasteiger partial charge is 0.287 e. The van der Waals surface area contributed by atoms with Gasteiger partial charge in [0.2, 0.25) is 0 Å². The molecule has 0 spiro atoms. The van der Waals surface area contributed by atoms with Gasteiger partial charge in [-0.25, -0.2) is 0 Å². The fraction of sp³-hybridized carbons (Fsp3) is 0.250. The minimum atomic E-state index is -3.01. The van der Waals surface area contributed by atoms with Gasteiger partial charge in [-0.15, -0.1) is 10.2 Å². The molecular weight excluding hydrogens is 238 g/mol. The number of nitrogens with zero attached hydrogens (tertiary/aromatic N) is 3. The molecule has 0 aliphatic rings. The van der Waals surface area contributed by atoms with Crippen LogP contribution < -0.4 is 5.32 Å². The van der Waals surface area contributed by atoms with Crippen molar-refractivity contribution in [2.75, 3.05) is 12.4 Å². The zero-order valence-corrected chi connectivity index (χ0v) is 9.98. The molecule has 2 aromatic rings.